The molecule has 10 nitrogen and oxygen atoms in total. The summed E-state index contributed by atoms with van der Waals surface area (Å²) in [5.74, 6) is -0.846. The van der Waals surface area contributed by atoms with Crippen LogP contribution in [0.2, 0.25) is 0 Å². The van der Waals surface area contributed by atoms with Gasteiger partial charge in [0.25, 0.3) is 0 Å². The van der Waals surface area contributed by atoms with Crippen molar-refractivity contribution < 1.29 is 49.0 Å². The second kappa shape index (κ2) is 42.1. The largest absolute Gasteiger partial charge is 0.462 e. The number of esters is 2. The van der Waals surface area contributed by atoms with Gasteiger partial charge in [-0.3, -0.25) is 9.59 Å². The van der Waals surface area contributed by atoms with Crippen molar-refractivity contribution in [1.29, 1.82) is 0 Å². The molecule has 61 heavy (non-hydrogen) atoms. The first kappa shape index (κ1) is 57.2. The zero-order valence-corrected chi connectivity index (χ0v) is 39.2. The van der Waals surface area contributed by atoms with Crippen LogP contribution in [0.4, 0.5) is 0 Å². The third kappa shape index (κ3) is 33.4. The number of carbonyl (C=O) groups excluding carboxylic acids is 2. The monoisotopic (exact) mass is 867 g/mol. The lowest BCUT2D eigenvalue weighted by atomic mass is 9.99. The summed E-state index contributed by atoms with van der Waals surface area (Å²) < 4.78 is 22.2. The molecule has 0 radical (unpaired) electrons. The highest BCUT2D eigenvalue weighted by molar-refractivity contribution is 5.70. The van der Waals surface area contributed by atoms with E-state index in [9.17, 15) is 30.0 Å². The predicted octanol–water partition coefficient (Wildman–Crippen LogP) is 11.7. The van der Waals surface area contributed by atoms with E-state index in [1.807, 2.05) is 0 Å². The minimum atomic E-state index is -1.60. The fourth-order valence-electron chi connectivity index (χ4n) is 7.78. The number of ether oxygens (including phenoxy) is 4. The maximum absolute atomic E-state index is 12.8. The quantitative estimate of drug-likeness (QED) is 0.0265. The smallest absolute Gasteiger partial charge is 0.306 e. The van der Waals surface area contributed by atoms with Gasteiger partial charge in [0.15, 0.2) is 12.4 Å². The van der Waals surface area contributed by atoms with Gasteiger partial charge in [0.2, 0.25) is 0 Å². The minimum Gasteiger partial charge on any atom is -0.462 e. The summed E-state index contributed by atoms with van der Waals surface area (Å²) >= 11 is 0. The minimum absolute atomic E-state index is 0.183. The Morgan fingerprint density at radius 2 is 0.885 bits per heavy atom. The molecule has 0 bridgehead atoms. The summed E-state index contributed by atoms with van der Waals surface area (Å²) in [6.07, 6.45) is 40.6. The summed E-state index contributed by atoms with van der Waals surface area (Å²) in [7, 11) is 0. The zero-order valence-electron chi connectivity index (χ0n) is 39.2. The third-order valence-electron chi connectivity index (χ3n) is 11.8. The topological polar surface area (TPSA) is 152 Å². The number of aliphatic hydroxyl groups excluding tert-OH is 4. The molecule has 1 heterocycles. The van der Waals surface area contributed by atoms with Gasteiger partial charge in [-0.05, 0) is 57.8 Å². The van der Waals surface area contributed by atoms with Crippen molar-refractivity contribution in [3.05, 3.63) is 24.3 Å². The Labute approximate surface area is 373 Å². The number of hydrogen-bond donors (Lipinski definition) is 4. The molecular weight excluding hydrogens is 773 g/mol. The van der Waals surface area contributed by atoms with Gasteiger partial charge in [-0.15, -0.1) is 0 Å². The van der Waals surface area contributed by atoms with Crippen LogP contribution in [0.5, 0.6) is 0 Å². The molecule has 0 saturated carbocycles. The van der Waals surface area contributed by atoms with E-state index < -0.39 is 49.4 Å². The van der Waals surface area contributed by atoms with Crippen molar-refractivity contribution in [1.82, 2.24) is 0 Å². The van der Waals surface area contributed by atoms with Gasteiger partial charge in [-0.1, -0.05) is 186 Å². The van der Waals surface area contributed by atoms with Crippen molar-refractivity contribution in [2.24, 2.45) is 0 Å². The van der Waals surface area contributed by atoms with Crippen LogP contribution in [0.15, 0.2) is 24.3 Å². The normalized spacial score (nSPS) is 19.9. The summed E-state index contributed by atoms with van der Waals surface area (Å²) in [6.45, 7) is 3.40. The van der Waals surface area contributed by atoms with E-state index >= 15 is 0 Å². The van der Waals surface area contributed by atoms with Crippen LogP contribution in [0.1, 0.15) is 232 Å². The van der Waals surface area contributed by atoms with Gasteiger partial charge >= 0.3 is 11.9 Å². The fraction of sp³-hybridized carbons (Fsp3) is 0.882. The summed E-state index contributed by atoms with van der Waals surface area (Å²) in [5.41, 5.74) is 0. The molecule has 0 aromatic heterocycles. The average molecular weight is 867 g/mol. The van der Waals surface area contributed by atoms with E-state index in [2.05, 4.69) is 38.2 Å². The van der Waals surface area contributed by atoms with Crippen molar-refractivity contribution in [3.63, 3.8) is 0 Å². The molecule has 10 heteroatoms. The summed E-state index contributed by atoms with van der Waals surface area (Å²) in [4.78, 5) is 25.4. The highest BCUT2D eigenvalue weighted by Crippen LogP contribution is 2.23. The van der Waals surface area contributed by atoms with E-state index in [0.29, 0.717) is 12.8 Å². The Kier molecular flexibility index (Phi) is 39.5. The van der Waals surface area contributed by atoms with Crippen molar-refractivity contribution in [2.45, 2.75) is 269 Å². The van der Waals surface area contributed by atoms with Crippen LogP contribution < -0.4 is 0 Å². The van der Waals surface area contributed by atoms with Crippen molar-refractivity contribution in [3.8, 4) is 0 Å². The first-order valence-corrected chi connectivity index (χ1v) is 25.4. The molecule has 0 aliphatic carbocycles. The Bertz CT molecular complexity index is 1050. The fourth-order valence-corrected chi connectivity index (χ4v) is 7.78. The van der Waals surface area contributed by atoms with Crippen LogP contribution in [0.25, 0.3) is 0 Å². The maximum atomic E-state index is 12.8. The molecule has 0 spiro atoms. The van der Waals surface area contributed by atoms with Crippen molar-refractivity contribution in [2.75, 3.05) is 19.8 Å². The first-order chi connectivity index (χ1) is 29.8. The lowest BCUT2D eigenvalue weighted by Gasteiger charge is -2.39. The molecule has 4 N–H and O–H groups in total. The number of aliphatic hydroxyl groups is 4. The van der Waals surface area contributed by atoms with E-state index in [-0.39, 0.29) is 32.0 Å². The number of hydrogen-bond acceptors (Lipinski definition) is 10. The van der Waals surface area contributed by atoms with Crippen LogP contribution in [0.3, 0.4) is 0 Å². The molecule has 6 atom stereocenters. The number of unbranched alkanes of at least 4 members (excludes halogenated alkanes) is 28. The average Bonchev–Trinajstić information content (AvgIpc) is 3.26. The molecule has 1 aliphatic heterocycles. The van der Waals surface area contributed by atoms with Gasteiger partial charge in [0.1, 0.15) is 31.0 Å². The van der Waals surface area contributed by atoms with Gasteiger partial charge in [-0.25, -0.2) is 0 Å². The predicted molar refractivity (Wildman–Crippen MR) is 247 cm³/mol. The molecule has 1 rings (SSSR count). The van der Waals surface area contributed by atoms with Gasteiger partial charge in [-0.2, -0.15) is 0 Å². The Balaban J connectivity index is 2.25. The van der Waals surface area contributed by atoms with Crippen LogP contribution >= 0.6 is 0 Å². The number of carbonyl (C=O) groups is 2. The Morgan fingerprint density at radius 3 is 1.34 bits per heavy atom. The molecule has 2 unspecified atom stereocenters. The third-order valence-corrected chi connectivity index (χ3v) is 11.8. The molecule has 1 aliphatic rings. The first-order valence-electron chi connectivity index (χ1n) is 25.4. The van der Waals surface area contributed by atoms with E-state index in [4.69, 9.17) is 18.9 Å². The zero-order chi connectivity index (χ0) is 44.4. The highest BCUT2D eigenvalue weighted by atomic mass is 16.7. The summed E-state index contributed by atoms with van der Waals surface area (Å²) in [6, 6.07) is 0. The lowest BCUT2D eigenvalue weighted by molar-refractivity contribution is -0.305. The molecular formula is C51H94O10. The van der Waals surface area contributed by atoms with Crippen LogP contribution in [-0.4, -0.2) is 89.0 Å². The highest BCUT2D eigenvalue weighted by Gasteiger charge is 2.44. The lowest BCUT2D eigenvalue weighted by Crippen LogP contribution is -2.59. The van der Waals surface area contributed by atoms with Crippen LogP contribution in [-0.2, 0) is 28.5 Å². The van der Waals surface area contributed by atoms with E-state index in [1.54, 1.807) is 0 Å². The molecule has 1 fully saturated rings. The molecule has 358 valence electrons. The Morgan fingerprint density at radius 1 is 0.492 bits per heavy atom. The molecule has 0 aromatic rings. The Hall–Kier alpha value is -1.82. The molecule has 1 saturated heterocycles. The second-order valence-corrected chi connectivity index (χ2v) is 17.6. The standard InChI is InChI=1S/C51H94O10/c1-3-5-7-9-11-13-15-17-18-19-20-21-22-23-24-25-26-28-30-32-34-36-38-40-47(54)60-44(43-59-51-50(57)49(56)48(55)45(41-52)61-51)42-58-46(53)39-37-35-33-31-29-27-16-14-12-10-8-6-4-2/h14,16,32,34,44-45,48-52,55-57H,3-13,15,17-31,33,35-43H2,1-2H3/b16-14+,34-32+/t44-,45-,48+,49?,50?,51-/m1/s1. The van der Waals surface area contributed by atoms with Crippen molar-refractivity contribution >= 4 is 11.9 Å². The SMILES string of the molecule is CCCCCC/C=C/CCCCCCCC(=O)OC[C@H](CO[C@@H]1O[C@H](CO)[C@H](O)C(O)C1O)OC(=O)CCC/C=C/CCCCCCCCCCCCCCCCCCCC. The van der Waals surface area contributed by atoms with E-state index in [1.165, 1.54) is 148 Å². The van der Waals surface area contributed by atoms with Gasteiger partial charge in [0, 0.05) is 12.8 Å². The van der Waals surface area contributed by atoms with Gasteiger partial charge < -0.3 is 39.4 Å². The molecule has 0 amide bonds. The maximum Gasteiger partial charge on any atom is 0.306 e. The number of allylic oxidation sites excluding steroid dienone is 4. The van der Waals surface area contributed by atoms with Crippen LogP contribution in [0, 0.1) is 0 Å². The number of rotatable bonds is 43. The molecule has 0 aromatic carbocycles. The van der Waals surface area contributed by atoms with Gasteiger partial charge in [0.05, 0.1) is 13.2 Å². The van der Waals surface area contributed by atoms with E-state index in [0.717, 1.165) is 44.9 Å². The summed E-state index contributed by atoms with van der Waals surface area (Å²) in [5, 5.41) is 40.1. The second-order valence-electron chi connectivity index (χ2n) is 17.6.